The van der Waals surface area contributed by atoms with Gasteiger partial charge in [-0.25, -0.2) is 13.2 Å². The van der Waals surface area contributed by atoms with Gasteiger partial charge in [-0.3, -0.25) is 0 Å². The van der Waals surface area contributed by atoms with E-state index in [1.54, 1.807) is 0 Å². The molecule has 0 fully saturated rings. The van der Waals surface area contributed by atoms with Gasteiger partial charge in [0.25, 0.3) is 0 Å². The van der Waals surface area contributed by atoms with Crippen LogP contribution in [0.3, 0.4) is 0 Å². The van der Waals surface area contributed by atoms with Crippen molar-refractivity contribution in [2.24, 2.45) is 0 Å². The zero-order chi connectivity index (χ0) is 13.1. The average Bonchev–Trinajstić information content (AvgIpc) is 2.20. The number of esters is 1. The number of ether oxygens (including phenoxy) is 1. The molecule has 0 unspecified atom stereocenters. The Labute approximate surface area is 104 Å². The minimum atomic E-state index is -3.14. The highest BCUT2D eigenvalue weighted by atomic mass is 35.5. The molecule has 17 heavy (non-hydrogen) atoms. The maximum absolute atomic E-state index is 11.5. The first-order chi connectivity index (χ1) is 7.79. The second kappa shape index (κ2) is 5.37. The fourth-order valence-corrected chi connectivity index (χ4v) is 1.54. The molecule has 1 aromatic carbocycles. The molecule has 7 heteroatoms. The minimum Gasteiger partial charge on any atom is -0.461 e. The van der Waals surface area contributed by atoms with Crippen LogP contribution in [0.4, 0.5) is 5.69 Å². The molecule has 0 atom stereocenters. The number of carbonyl (C=O) groups excluding carboxylic acids is 1. The summed E-state index contributed by atoms with van der Waals surface area (Å²) in [5.41, 5.74) is 6.03. The summed E-state index contributed by atoms with van der Waals surface area (Å²) >= 11 is 5.69. The first kappa shape index (κ1) is 13.8. The molecule has 2 N–H and O–H groups in total. The number of sulfone groups is 1. The molecule has 0 saturated heterocycles. The van der Waals surface area contributed by atoms with Crippen LogP contribution in [0.5, 0.6) is 0 Å². The molecule has 0 bridgehead atoms. The van der Waals surface area contributed by atoms with Crippen molar-refractivity contribution in [1.29, 1.82) is 0 Å². The van der Waals surface area contributed by atoms with Crippen molar-refractivity contribution < 1.29 is 17.9 Å². The van der Waals surface area contributed by atoms with Gasteiger partial charge in [0.1, 0.15) is 6.61 Å². The lowest BCUT2D eigenvalue weighted by Crippen LogP contribution is -2.14. The number of carbonyl (C=O) groups is 1. The first-order valence-electron chi connectivity index (χ1n) is 4.69. The second-order valence-corrected chi connectivity index (χ2v) is 6.17. The van der Waals surface area contributed by atoms with E-state index in [-0.39, 0.29) is 23.6 Å². The van der Waals surface area contributed by atoms with Gasteiger partial charge in [-0.2, -0.15) is 0 Å². The van der Waals surface area contributed by atoms with E-state index >= 15 is 0 Å². The third-order valence-corrected chi connectivity index (χ3v) is 3.17. The second-order valence-electron chi connectivity index (χ2n) is 3.50. The van der Waals surface area contributed by atoms with Gasteiger partial charge in [0, 0.05) is 6.26 Å². The number of hydrogen-bond donors (Lipinski definition) is 1. The SMILES string of the molecule is CS(=O)(=O)CCOC(=O)c1ccc(Cl)c(N)c1. The van der Waals surface area contributed by atoms with Gasteiger partial charge < -0.3 is 10.5 Å². The fraction of sp³-hybridized carbons (Fsp3) is 0.300. The lowest BCUT2D eigenvalue weighted by molar-refractivity contribution is 0.0529. The third kappa shape index (κ3) is 4.62. The highest BCUT2D eigenvalue weighted by Gasteiger charge is 2.10. The van der Waals surface area contributed by atoms with Crippen LogP contribution in [0.1, 0.15) is 10.4 Å². The van der Waals surface area contributed by atoms with Crippen LogP contribution in [-0.2, 0) is 14.6 Å². The molecule has 0 spiro atoms. The molecule has 0 saturated carbocycles. The van der Waals surface area contributed by atoms with Crippen LogP contribution in [0.15, 0.2) is 18.2 Å². The van der Waals surface area contributed by atoms with E-state index in [9.17, 15) is 13.2 Å². The first-order valence-corrected chi connectivity index (χ1v) is 7.13. The zero-order valence-corrected chi connectivity index (χ0v) is 10.7. The Bertz CT molecular complexity index is 527. The summed E-state index contributed by atoms with van der Waals surface area (Å²) in [6, 6.07) is 4.32. The van der Waals surface area contributed by atoms with Gasteiger partial charge in [0.15, 0.2) is 9.84 Å². The number of nitrogens with two attached hydrogens (primary N) is 1. The predicted octanol–water partition coefficient (Wildman–Crippen LogP) is 1.12. The quantitative estimate of drug-likeness (QED) is 0.658. The fourth-order valence-electron chi connectivity index (χ4n) is 1.04. The van der Waals surface area contributed by atoms with E-state index in [4.69, 9.17) is 22.1 Å². The molecule has 0 aliphatic heterocycles. The summed E-state index contributed by atoms with van der Waals surface area (Å²) in [6.45, 7) is -0.180. The smallest absolute Gasteiger partial charge is 0.338 e. The number of nitrogen functional groups attached to an aromatic ring is 1. The topological polar surface area (TPSA) is 86.5 Å². The van der Waals surface area contributed by atoms with Crippen molar-refractivity contribution in [3.05, 3.63) is 28.8 Å². The van der Waals surface area contributed by atoms with Crippen molar-refractivity contribution in [2.45, 2.75) is 0 Å². The van der Waals surface area contributed by atoms with Gasteiger partial charge >= 0.3 is 5.97 Å². The van der Waals surface area contributed by atoms with Crippen molar-refractivity contribution in [2.75, 3.05) is 24.3 Å². The number of rotatable bonds is 4. The molecule has 0 aliphatic rings. The van der Waals surface area contributed by atoms with Gasteiger partial charge in [-0.05, 0) is 18.2 Å². The van der Waals surface area contributed by atoms with E-state index in [1.807, 2.05) is 0 Å². The van der Waals surface area contributed by atoms with Crippen LogP contribution in [0, 0.1) is 0 Å². The van der Waals surface area contributed by atoms with Gasteiger partial charge in [-0.1, -0.05) is 11.6 Å². The van der Waals surface area contributed by atoms with Crippen molar-refractivity contribution >= 4 is 33.1 Å². The molecule has 94 valence electrons. The molecule has 0 heterocycles. The lowest BCUT2D eigenvalue weighted by Gasteiger charge is -2.05. The summed E-state index contributed by atoms with van der Waals surface area (Å²) in [7, 11) is -3.14. The summed E-state index contributed by atoms with van der Waals surface area (Å²) in [5, 5.41) is 0.345. The van der Waals surface area contributed by atoms with E-state index < -0.39 is 15.8 Å². The number of hydrogen-bond acceptors (Lipinski definition) is 5. The number of anilines is 1. The van der Waals surface area contributed by atoms with Gasteiger partial charge in [0.2, 0.25) is 0 Å². The minimum absolute atomic E-state index is 0.180. The molecule has 0 amide bonds. The molecule has 0 radical (unpaired) electrons. The zero-order valence-electron chi connectivity index (χ0n) is 9.14. The summed E-state index contributed by atoms with van der Waals surface area (Å²) in [6.07, 6.45) is 1.07. The van der Waals surface area contributed by atoms with Crippen molar-refractivity contribution in [1.82, 2.24) is 0 Å². The maximum Gasteiger partial charge on any atom is 0.338 e. The van der Waals surface area contributed by atoms with Gasteiger partial charge in [0.05, 0.1) is 22.0 Å². The maximum atomic E-state index is 11.5. The average molecular weight is 278 g/mol. The van der Waals surface area contributed by atoms with Gasteiger partial charge in [-0.15, -0.1) is 0 Å². The molecular weight excluding hydrogens is 266 g/mol. The largest absolute Gasteiger partial charge is 0.461 e. The summed E-state index contributed by atoms with van der Waals surface area (Å²) in [4.78, 5) is 11.5. The van der Waals surface area contributed by atoms with E-state index in [0.29, 0.717) is 5.02 Å². The summed E-state index contributed by atoms with van der Waals surface area (Å²) < 4.78 is 26.4. The molecule has 5 nitrogen and oxygen atoms in total. The molecule has 1 aromatic rings. The number of halogens is 1. The normalized spacial score (nSPS) is 11.2. The molecular formula is C10H12ClNO4S. The van der Waals surface area contributed by atoms with E-state index in [2.05, 4.69) is 0 Å². The monoisotopic (exact) mass is 277 g/mol. The standard InChI is InChI=1S/C10H12ClNO4S/c1-17(14,15)5-4-16-10(13)7-2-3-8(11)9(12)6-7/h2-3,6H,4-5,12H2,1H3. The Morgan fingerprint density at radius 3 is 2.65 bits per heavy atom. The van der Waals surface area contributed by atoms with Crippen LogP contribution in [0.2, 0.25) is 5.02 Å². The van der Waals surface area contributed by atoms with Crippen molar-refractivity contribution in [3.63, 3.8) is 0 Å². The Morgan fingerprint density at radius 2 is 2.12 bits per heavy atom. The van der Waals surface area contributed by atoms with Crippen molar-refractivity contribution in [3.8, 4) is 0 Å². The Morgan fingerprint density at radius 1 is 1.47 bits per heavy atom. The van der Waals surface area contributed by atoms with Crippen LogP contribution >= 0.6 is 11.6 Å². The Hall–Kier alpha value is -1.27. The lowest BCUT2D eigenvalue weighted by atomic mass is 10.2. The third-order valence-electron chi connectivity index (χ3n) is 1.92. The van der Waals surface area contributed by atoms with Crippen LogP contribution in [0.25, 0.3) is 0 Å². The highest BCUT2D eigenvalue weighted by molar-refractivity contribution is 7.90. The Balaban J connectivity index is 2.61. The Kier molecular flexibility index (Phi) is 4.36. The van der Waals surface area contributed by atoms with E-state index in [0.717, 1.165) is 6.26 Å². The number of benzene rings is 1. The molecule has 0 aromatic heterocycles. The highest BCUT2D eigenvalue weighted by Crippen LogP contribution is 2.19. The summed E-state index contributed by atoms with van der Waals surface area (Å²) in [5.74, 6) is -0.834. The van der Waals surface area contributed by atoms with E-state index in [1.165, 1.54) is 18.2 Å². The van der Waals surface area contributed by atoms with Crippen LogP contribution < -0.4 is 5.73 Å². The molecule has 0 aliphatic carbocycles. The predicted molar refractivity (Wildman–Crippen MR) is 65.9 cm³/mol. The molecule has 1 rings (SSSR count). The van der Waals surface area contributed by atoms with Crippen LogP contribution in [-0.4, -0.2) is 33.0 Å².